The van der Waals surface area contributed by atoms with Gasteiger partial charge in [-0.1, -0.05) is 5.21 Å². The van der Waals surface area contributed by atoms with Gasteiger partial charge in [-0.2, -0.15) is 5.10 Å². The van der Waals surface area contributed by atoms with Crippen molar-refractivity contribution >= 4 is 11.7 Å². The third-order valence-electron chi connectivity index (χ3n) is 4.29. The number of carbonyl (C=O) groups excluding carboxylic acids is 1. The number of aryl methyl sites for hydroxylation is 1. The lowest BCUT2D eigenvalue weighted by atomic mass is 10.1. The molecule has 1 aliphatic heterocycles. The summed E-state index contributed by atoms with van der Waals surface area (Å²) in [7, 11) is 5.63. The van der Waals surface area contributed by atoms with Gasteiger partial charge in [-0.15, -0.1) is 10.2 Å². The Hall–Kier alpha value is -2.51. The summed E-state index contributed by atoms with van der Waals surface area (Å²) in [6.45, 7) is 2.56. The molecule has 2 aromatic heterocycles. The molecule has 0 N–H and O–H groups in total. The average molecular weight is 315 g/mol. The van der Waals surface area contributed by atoms with E-state index in [1.807, 2.05) is 43.0 Å². The van der Waals surface area contributed by atoms with E-state index < -0.39 is 0 Å². The topological polar surface area (TPSA) is 80.0 Å². The maximum atomic E-state index is 12.8. The monoisotopic (exact) mass is 315 g/mol. The van der Waals surface area contributed by atoms with Crippen LogP contribution in [0.25, 0.3) is 0 Å². The molecule has 23 heavy (non-hydrogen) atoms. The summed E-state index contributed by atoms with van der Waals surface area (Å²) in [5.74, 6) is 0.714. The number of carbonyl (C=O) groups is 1. The molecule has 3 rings (SSSR count). The Morgan fingerprint density at radius 2 is 2.04 bits per heavy atom. The van der Waals surface area contributed by atoms with Crippen LogP contribution in [0.4, 0.5) is 5.82 Å². The second-order valence-corrected chi connectivity index (χ2v) is 6.01. The van der Waals surface area contributed by atoms with Crippen molar-refractivity contribution in [1.82, 2.24) is 30.1 Å². The van der Waals surface area contributed by atoms with Gasteiger partial charge in [0.2, 0.25) is 0 Å². The SMILES string of the molecule is Cc1c(C(=O)N2CCCC2c2ccc(N(C)C)nn2)nnn1C. The average Bonchev–Trinajstić information content (AvgIpc) is 3.15. The van der Waals surface area contributed by atoms with Crippen LogP contribution < -0.4 is 4.90 Å². The molecular formula is C15H21N7O. The Balaban J connectivity index is 1.85. The number of nitrogens with zero attached hydrogens (tertiary/aromatic N) is 7. The van der Waals surface area contributed by atoms with Crippen molar-refractivity contribution < 1.29 is 4.79 Å². The molecule has 1 atom stereocenters. The molecule has 1 fully saturated rings. The normalized spacial score (nSPS) is 17.6. The van der Waals surface area contributed by atoms with Crippen LogP contribution in [0.2, 0.25) is 0 Å². The number of aromatic nitrogens is 5. The molecule has 2 aromatic rings. The number of likely N-dealkylation sites (tertiary alicyclic amines) is 1. The molecule has 1 unspecified atom stereocenters. The number of hydrogen-bond acceptors (Lipinski definition) is 6. The van der Waals surface area contributed by atoms with Crippen LogP contribution in [0.15, 0.2) is 12.1 Å². The first kappa shape index (κ1) is 15.4. The van der Waals surface area contributed by atoms with Gasteiger partial charge in [0.05, 0.1) is 17.4 Å². The zero-order valence-electron chi connectivity index (χ0n) is 13.9. The third kappa shape index (κ3) is 2.76. The van der Waals surface area contributed by atoms with Gasteiger partial charge in [-0.3, -0.25) is 9.48 Å². The highest BCUT2D eigenvalue weighted by atomic mass is 16.2. The summed E-state index contributed by atoms with van der Waals surface area (Å²) in [6.07, 6.45) is 1.84. The van der Waals surface area contributed by atoms with Gasteiger partial charge < -0.3 is 9.80 Å². The Morgan fingerprint density at radius 3 is 2.61 bits per heavy atom. The van der Waals surface area contributed by atoms with Gasteiger partial charge in [0, 0.05) is 27.7 Å². The fraction of sp³-hybridized carbons (Fsp3) is 0.533. The van der Waals surface area contributed by atoms with Crippen LogP contribution in [-0.4, -0.2) is 56.6 Å². The van der Waals surface area contributed by atoms with Crippen LogP contribution in [0.1, 0.15) is 40.8 Å². The highest BCUT2D eigenvalue weighted by molar-refractivity contribution is 5.93. The highest BCUT2D eigenvalue weighted by Gasteiger charge is 2.34. The first-order chi connectivity index (χ1) is 11.0. The second kappa shape index (κ2) is 5.94. The zero-order valence-corrected chi connectivity index (χ0v) is 13.9. The molecule has 0 bridgehead atoms. The Bertz CT molecular complexity index is 707. The van der Waals surface area contributed by atoms with Gasteiger partial charge in [0.1, 0.15) is 0 Å². The molecule has 8 heteroatoms. The third-order valence-corrected chi connectivity index (χ3v) is 4.29. The lowest BCUT2D eigenvalue weighted by Gasteiger charge is -2.23. The van der Waals surface area contributed by atoms with E-state index in [9.17, 15) is 4.79 Å². The van der Waals surface area contributed by atoms with Gasteiger partial charge in [-0.05, 0) is 31.9 Å². The van der Waals surface area contributed by atoms with E-state index in [1.165, 1.54) is 0 Å². The van der Waals surface area contributed by atoms with Crippen molar-refractivity contribution in [3.05, 3.63) is 29.2 Å². The maximum Gasteiger partial charge on any atom is 0.276 e. The Labute approximate surface area is 135 Å². The fourth-order valence-corrected chi connectivity index (χ4v) is 2.81. The standard InChI is InChI=1S/C15H21N7O/c1-10-14(18-19-21(10)4)15(23)22-9-5-6-12(22)11-7-8-13(17-16-11)20(2)3/h7-8,12H,5-6,9H2,1-4H3. The van der Waals surface area contributed by atoms with Gasteiger partial charge in [-0.25, -0.2) is 0 Å². The summed E-state index contributed by atoms with van der Waals surface area (Å²) >= 11 is 0. The quantitative estimate of drug-likeness (QED) is 0.839. The summed E-state index contributed by atoms with van der Waals surface area (Å²) in [6, 6.07) is 3.83. The van der Waals surface area contributed by atoms with Crippen molar-refractivity contribution in [1.29, 1.82) is 0 Å². The smallest absolute Gasteiger partial charge is 0.276 e. The molecule has 0 aliphatic carbocycles. The molecule has 1 saturated heterocycles. The summed E-state index contributed by atoms with van der Waals surface area (Å²) in [4.78, 5) is 16.5. The minimum atomic E-state index is -0.0865. The highest BCUT2D eigenvalue weighted by Crippen LogP contribution is 2.32. The fourth-order valence-electron chi connectivity index (χ4n) is 2.81. The zero-order chi connectivity index (χ0) is 16.6. The molecule has 3 heterocycles. The van der Waals surface area contributed by atoms with E-state index >= 15 is 0 Å². The van der Waals surface area contributed by atoms with E-state index in [0.717, 1.165) is 30.0 Å². The Kier molecular flexibility index (Phi) is 3.97. The lowest BCUT2D eigenvalue weighted by Crippen LogP contribution is -2.32. The second-order valence-electron chi connectivity index (χ2n) is 6.01. The lowest BCUT2D eigenvalue weighted by molar-refractivity contribution is 0.0725. The molecule has 8 nitrogen and oxygen atoms in total. The van der Waals surface area contributed by atoms with E-state index in [-0.39, 0.29) is 11.9 Å². The molecule has 0 spiro atoms. The number of hydrogen-bond donors (Lipinski definition) is 0. The molecule has 0 saturated carbocycles. The van der Waals surface area contributed by atoms with Crippen LogP contribution in [0.3, 0.4) is 0 Å². The first-order valence-electron chi connectivity index (χ1n) is 7.67. The molecular weight excluding hydrogens is 294 g/mol. The minimum absolute atomic E-state index is 0.0485. The summed E-state index contributed by atoms with van der Waals surface area (Å²) < 4.78 is 1.62. The van der Waals surface area contributed by atoms with Gasteiger partial charge >= 0.3 is 0 Å². The van der Waals surface area contributed by atoms with Crippen molar-refractivity contribution in [3.8, 4) is 0 Å². The van der Waals surface area contributed by atoms with Crippen LogP contribution in [-0.2, 0) is 7.05 Å². The van der Waals surface area contributed by atoms with Gasteiger partial charge in [0.25, 0.3) is 5.91 Å². The van der Waals surface area contributed by atoms with Crippen LogP contribution in [0.5, 0.6) is 0 Å². The van der Waals surface area contributed by atoms with Crippen molar-refractivity contribution in [2.75, 3.05) is 25.5 Å². The molecule has 122 valence electrons. The van der Waals surface area contributed by atoms with E-state index in [2.05, 4.69) is 20.5 Å². The predicted octanol–water partition coefficient (Wildman–Crippen LogP) is 0.957. The van der Waals surface area contributed by atoms with E-state index in [4.69, 9.17) is 0 Å². The van der Waals surface area contributed by atoms with Crippen LogP contribution >= 0.6 is 0 Å². The Morgan fingerprint density at radius 1 is 1.26 bits per heavy atom. The van der Waals surface area contributed by atoms with Crippen molar-refractivity contribution in [2.45, 2.75) is 25.8 Å². The largest absolute Gasteiger partial charge is 0.361 e. The predicted molar refractivity (Wildman–Crippen MR) is 85.1 cm³/mol. The van der Waals surface area contributed by atoms with Crippen molar-refractivity contribution in [3.63, 3.8) is 0 Å². The van der Waals surface area contributed by atoms with Crippen molar-refractivity contribution in [2.24, 2.45) is 7.05 Å². The molecule has 1 amide bonds. The summed E-state index contributed by atoms with van der Waals surface area (Å²) in [5.41, 5.74) is 2.01. The van der Waals surface area contributed by atoms with E-state index in [0.29, 0.717) is 12.2 Å². The number of rotatable bonds is 3. The molecule has 0 radical (unpaired) electrons. The number of amides is 1. The minimum Gasteiger partial charge on any atom is -0.361 e. The molecule has 0 aromatic carbocycles. The van der Waals surface area contributed by atoms with Gasteiger partial charge in [0.15, 0.2) is 11.5 Å². The van der Waals surface area contributed by atoms with Crippen LogP contribution in [0, 0.1) is 6.92 Å². The summed E-state index contributed by atoms with van der Waals surface area (Å²) in [5, 5.41) is 16.5. The molecule has 1 aliphatic rings. The number of anilines is 1. The first-order valence-corrected chi connectivity index (χ1v) is 7.67. The van der Waals surface area contributed by atoms with E-state index in [1.54, 1.807) is 11.7 Å². The maximum absolute atomic E-state index is 12.8.